The van der Waals surface area contributed by atoms with Gasteiger partial charge in [-0.3, -0.25) is 0 Å². The van der Waals surface area contributed by atoms with Crippen LogP contribution in [0.2, 0.25) is 0 Å². The van der Waals surface area contributed by atoms with E-state index in [1.165, 1.54) is 58.4 Å². The van der Waals surface area contributed by atoms with Crippen molar-refractivity contribution in [2.45, 2.75) is 38.0 Å². The third-order valence-corrected chi connectivity index (χ3v) is 6.44. The van der Waals surface area contributed by atoms with Crippen molar-refractivity contribution >= 4 is 21.5 Å². The quantitative estimate of drug-likeness (QED) is 0.357. The van der Waals surface area contributed by atoms with Gasteiger partial charge in [0, 0.05) is 0 Å². The van der Waals surface area contributed by atoms with Crippen LogP contribution < -0.4 is 0 Å². The maximum Gasteiger partial charge on any atom is -0.00929 e. The predicted molar refractivity (Wildman–Crippen MR) is 116 cm³/mol. The van der Waals surface area contributed by atoms with Crippen molar-refractivity contribution in [2.75, 3.05) is 0 Å². The molecular formula is C27H26. The van der Waals surface area contributed by atoms with Crippen LogP contribution in [0.1, 0.15) is 42.7 Å². The minimum Gasteiger partial charge on any atom is -0.0616 e. The van der Waals surface area contributed by atoms with Gasteiger partial charge in [0.05, 0.1) is 0 Å². The first-order valence-electron chi connectivity index (χ1n) is 10.3. The smallest absolute Gasteiger partial charge is 0.00929 e. The number of hydrogen-bond acceptors (Lipinski definition) is 0. The molecule has 0 spiro atoms. The van der Waals surface area contributed by atoms with Crippen molar-refractivity contribution < 1.29 is 0 Å². The molecular weight excluding hydrogens is 324 g/mol. The van der Waals surface area contributed by atoms with Crippen molar-refractivity contribution in [2.24, 2.45) is 5.92 Å². The van der Waals surface area contributed by atoms with Crippen LogP contribution in [0.3, 0.4) is 0 Å². The lowest BCUT2D eigenvalue weighted by atomic mass is 9.80. The summed E-state index contributed by atoms with van der Waals surface area (Å²) in [6, 6.07) is 31.6. The molecule has 1 atom stereocenters. The molecule has 0 bridgehead atoms. The first-order chi connectivity index (χ1) is 13.4. The number of benzene rings is 4. The SMILES string of the molecule is c1ccc2cc(CC(c3ccc4ccccc4c3)C3CCCC3)ccc2c1. The molecule has 0 heterocycles. The lowest BCUT2D eigenvalue weighted by Gasteiger charge is -2.25. The van der Waals surface area contributed by atoms with Crippen LogP contribution in [-0.2, 0) is 6.42 Å². The Hall–Kier alpha value is -2.60. The van der Waals surface area contributed by atoms with Crippen LogP contribution >= 0.6 is 0 Å². The third kappa shape index (κ3) is 3.37. The van der Waals surface area contributed by atoms with E-state index in [1.807, 2.05) is 0 Å². The molecule has 1 aliphatic carbocycles. The van der Waals surface area contributed by atoms with E-state index in [9.17, 15) is 0 Å². The van der Waals surface area contributed by atoms with Crippen LogP contribution in [0.5, 0.6) is 0 Å². The van der Waals surface area contributed by atoms with Gasteiger partial charge >= 0.3 is 0 Å². The highest BCUT2D eigenvalue weighted by Gasteiger charge is 2.26. The fourth-order valence-electron chi connectivity index (χ4n) is 4.97. The fourth-order valence-corrected chi connectivity index (χ4v) is 4.97. The highest BCUT2D eigenvalue weighted by molar-refractivity contribution is 5.84. The average molecular weight is 351 g/mol. The molecule has 5 rings (SSSR count). The second kappa shape index (κ2) is 7.19. The van der Waals surface area contributed by atoms with Gasteiger partial charge in [0.2, 0.25) is 0 Å². The van der Waals surface area contributed by atoms with Crippen molar-refractivity contribution in [3.05, 3.63) is 96.1 Å². The second-order valence-corrected chi connectivity index (χ2v) is 8.14. The lowest BCUT2D eigenvalue weighted by molar-refractivity contribution is 0.432. The van der Waals surface area contributed by atoms with Gasteiger partial charge in [0.15, 0.2) is 0 Å². The molecule has 4 aromatic rings. The summed E-state index contributed by atoms with van der Waals surface area (Å²) in [6.45, 7) is 0. The molecule has 0 nitrogen and oxygen atoms in total. The van der Waals surface area contributed by atoms with Gasteiger partial charge in [-0.05, 0) is 63.8 Å². The Morgan fingerprint density at radius 2 is 1.22 bits per heavy atom. The van der Waals surface area contributed by atoms with E-state index < -0.39 is 0 Å². The summed E-state index contributed by atoms with van der Waals surface area (Å²) in [5.74, 6) is 1.44. The van der Waals surface area contributed by atoms with Gasteiger partial charge < -0.3 is 0 Å². The zero-order chi connectivity index (χ0) is 18.1. The Kier molecular flexibility index (Phi) is 4.41. The molecule has 27 heavy (non-hydrogen) atoms. The summed E-state index contributed by atoms with van der Waals surface area (Å²) in [5.41, 5.74) is 2.99. The van der Waals surface area contributed by atoms with E-state index in [2.05, 4.69) is 84.9 Å². The van der Waals surface area contributed by atoms with Crippen molar-refractivity contribution in [1.82, 2.24) is 0 Å². The molecule has 134 valence electrons. The lowest BCUT2D eigenvalue weighted by Crippen LogP contribution is -2.13. The van der Waals surface area contributed by atoms with Crippen LogP contribution in [0.25, 0.3) is 21.5 Å². The van der Waals surface area contributed by atoms with E-state index in [4.69, 9.17) is 0 Å². The molecule has 1 fully saturated rings. The Morgan fingerprint density at radius 3 is 1.93 bits per heavy atom. The highest BCUT2D eigenvalue weighted by Crippen LogP contribution is 2.40. The Bertz CT molecular complexity index is 1070. The summed E-state index contributed by atoms with van der Waals surface area (Å²) >= 11 is 0. The molecule has 0 radical (unpaired) electrons. The van der Waals surface area contributed by atoms with Gasteiger partial charge in [-0.2, -0.15) is 0 Å². The summed E-state index contributed by atoms with van der Waals surface area (Å²) in [5, 5.41) is 5.41. The predicted octanol–water partition coefficient (Wildman–Crippen LogP) is 7.51. The number of rotatable bonds is 4. The van der Waals surface area contributed by atoms with Crippen LogP contribution in [-0.4, -0.2) is 0 Å². The van der Waals surface area contributed by atoms with Gasteiger partial charge in [0.1, 0.15) is 0 Å². The molecule has 1 aliphatic rings. The normalized spacial score (nSPS) is 16.1. The molecule has 4 aromatic carbocycles. The molecule has 0 N–H and O–H groups in total. The van der Waals surface area contributed by atoms with Crippen LogP contribution in [0.15, 0.2) is 84.9 Å². The zero-order valence-corrected chi connectivity index (χ0v) is 15.8. The Morgan fingerprint density at radius 1 is 0.630 bits per heavy atom. The molecule has 0 aromatic heterocycles. The van der Waals surface area contributed by atoms with Gasteiger partial charge in [-0.15, -0.1) is 0 Å². The van der Waals surface area contributed by atoms with E-state index in [1.54, 1.807) is 0 Å². The molecule has 1 unspecified atom stereocenters. The molecule has 0 amide bonds. The van der Waals surface area contributed by atoms with Crippen molar-refractivity contribution in [1.29, 1.82) is 0 Å². The Labute approximate surface area is 161 Å². The number of hydrogen-bond donors (Lipinski definition) is 0. The minimum atomic E-state index is 0.623. The summed E-state index contributed by atoms with van der Waals surface area (Å²) in [4.78, 5) is 0. The Balaban J connectivity index is 1.53. The average Bonchev–Trinajstić information content (AvgIpc) is 3.26. The van der Waals surface area contributed by atoms with Gasteiger partial charge in [-0.1, -0.05) is 97.8 Å². The minimum absolute atomic E-state index is 0.623. The summed E-state index contributed by atoms with van der Waals surface area (Å²) < 4.78 is 0. The highest BCUT2D eigenvalue weighted by atomic mass is 14.3. The fraction of sp³-hybridized carbons (Fsp3) is 0.259. The second-order valence-electron chi connectivity index (χ2n) is 8.14. The van der Waals surface area contributed by atoms with E-state index in [-0.39, 0.29) is 0 Å². The monoisotopic (exact) mass is 350 g/mol. The largest absolute Gasteiger partial charge is 0.0616 e. The first kappa shape index (κ1) is 16.6. The summed E-state index contributed by atoms with van der Waals surface area (Å²) in [6.07, 6.45) is 6.70. The maximum absolute atomic E-state index is 2.44. The molecule has 0 aliphatic heterocycles. The zero-order valence-electron chi connectivity index (χ0n) is 15.8. The van der Waals surface area contributed by atoms with E-state index in [0.717, 1.165) is 12.3 Å². The summed E-state index contributed by atoms with van der Waals surface area (Å²) in [7, 11) is 0. The van der Waals surface area contributed by atoms with Crippen LogP contribution in [0.4, 0.5) is 0 Å². The van der Waals surface area contributed by atoms with Gasteiger partial charge in [0.25, 0.3) is 0 Å². The maximum atomic E-state index is 2.44. The van der Waals surface area contributed by atoms with Crippen LogP contribution in [0, 0.1) is 5.92 Å². The first-order valence-corrected chi connectivity index (χ1v) is 10.3. The van der Waals surface area contributed by atoms with E-state index >= 15 is 0 Å². The third-order valence-electron chi connectivity index (χ3n) is 6.44. The van der Waals surface area contributed by atoms with E-state index in [0.29, 0.717) is 5.92 Å². The molecule has 0 saturated heterocycles. The number of fused-ring (bicyclic) bond motifs is 2. The van der Waals surface area contributed by atoms with Crippen molar-refractivity contribution in [3.8, 4) is 0 Å². The molecule has 0 heteroatoms. The van der Waals surface area contributed by atoms with Crippen molar-refractivity contribution in [3.63, 3.8) is 0 Å². The standard InChI is InChI=1S/C27H26/c1-5-11-24-17-20(13-14-21(24)7-1)18-27(23-9-3-4-10-23)26-16-15-22-8-2-6-12-25(22)19-26/h1-2,5-8,11-17,19,23,27H,3-4,9-10,18H2. The molecule has 1 saturated carbocycles. The topological polar surface area (TPSA) is 0 Å². The van der Waals surface area contributed by atoms with Gasteiger partial charge in [-0.25, -0.2) is 0 Å².